The van der Waals surface area contributed by atoms with Crippen molar-refractivity contribution >= 4 is 22.9 Å². The number of amides is 3. The average molecular weight is 375 g/mol. The number of benzene rings is 2. The molecular formula is C21H17N3O4. The van der Waals surface area contributed by atoms with Gasteiger partial charge in [0.1, 0.15) is 23.7 Å². The fraction of sp³-hybridized carbons (Fsp3) is 0.190. The van der Waals surface area contributed by atoms with Crippen LogP contribution in [0.15, 0.2) is 59.0 Å². The molecule has 0 saturated carbocycles. The number of hydrogen-bond donors (Lipinski definition) is 1. The molecule has 0 bridgehead atoms. The predicted molar refractivity (Wildman–Crippen MR) is 100 cm³/mol. The van der Waals surface area contributed by atoms with Gasteiger partial charge < -0.3 is 14.5 Å². The van der Waals surface area contributed by atoms with E-state index in [1.54, 1.807) is 37.3 Å². The second kappa shape index (κ2) is 6.74. The molecule has 1 fully saturated rings. The van der Waals surface area contributed by atoms with Crippen molar-refractivity contribution in [3.05, 3.63) is 65.9 Å². The minimum atomic E-state index is -1.26. The third-order valence-corrected chi connectivity index (χ3v) is 4.76. The van der Waals surface area contributed by atoms with Gasteiger partial charge in [0.15, 0.2) is 5.54 Å². The molecule has 1 aliphatic rings. The lowest BCUT2D eigenvalue weighted by Crippen LogP contribution is -2.41. The van der Waals surface area contributed by atoms with Gasteiger partial charge in [-0.25, -0.2) is 4.79 Å². The van der Waals surface area contributed by atoms with Gasteiger partial charge in [-0.1, -0.05) is 18.2 Å². The van der Waals surface area contributed by atoms with Gasteiger partial charge in [-0.3, -0.25) is 9.69 Å². The lowest BCUT2D eigenvalue weighted by atomic mass is 9.99. The number of nitrogens with one attached hydrogen (secondary N) is 1. The van der Waals surface area contributed by atoms with E-state index >= 15 is 0 Å². The summed E-state index contributed by atoms with van der Waals surface area (Å²) >= 11 is 0. The standard InChI is InChI=1S/C21H17N3O4/c1-21(18-12-15-4-2-3-5-17(15)28-18)19(25)24(20(26)23-21)10-11-27-16-8-6-14(13-22)7-9-16/h2-9,12H,10-11H2,1H3,(H,23,26). The molecule has 0 aliphatic carbocycles. The fourth-order valence-electron chi connectivity index (χ4n) is 3.18. The molecule has 0 spiro atoms. The lowest BCUT2D eigenvalue weighted by molar-refractivity contribution is -0.131. The minimum absolute atomic E-state index is 0.0977. The quantitative estimate of drug-likeness (QED) is 0.691. The van der Waals surface area contributed by atoms with Crippen molar-refractivity contribution in [2.24, 2.45) is 0 Å². The van der Waals surface area contributed by atoms with Crippen LogP contribution in [0.2, 0.25) is 0 Å². The number of hydrogen-bond acceptors (Lipinski definition) is 5. The smallest absolute Gasteiger partial charge is 0.325 e. The highest BCUT2D eigenvalue weighted by molar-refractivity contribution is 6.07. The molecule has 4 rings (SSSR count). The molecule has 1 atom stereocenters. The van der Waals surface area contributed by atoms with E-state index in [0.29, 0.717) is 22.7 Å². The summed E-state index contributed by atoms with van der Waals surface area (Å²) in [6.45, 7) is 1.87. The molecule has 3 aromatic rings. The van der Waals surface area contributed by atoms with Crippen LogP contribution in [0.25, 0.3) is 11.0 Å². The highest BCUT2D eigenvalue weighted by Crippen LogP contribution is 2.32. The van der Waals surface area contributed by atoms with E-state index in [-0.39, 0.29) is 19.1 Å². The maximum absolute atomic E-state index is 12.9. The Kier molecular flexibility index (Phi) is 4.24. The molecule has 1 aromatic heterocycles. The van der Waals surface area contributed by atoms with Crippen molar-refractivity contribution in [1.29, 1.82) is 5.26 Å². The van der Waals surface area contributed by atoms with Crippen molar-refractivity contribution in [2.75, 3.05) is 13.2 Å². The van der Waals surface area contributed by atoms with Crippen molar-refractivity contribution in [3.8, 4) is 11.8 Å². The summed E-state index contributed by atoms with van der Waals surface area (Å²) in [6, 6.07) is 17.4. The van der Waals surface area contributed by atoms with E-state index in [1.165, 1.54) is 0 Å². The van der Waals surface area contributed by atoms with Crippen LogP contribution >= 0.6 is 0 Å². The molecule has 2 heterocycles. The zero-order chi connectivity index (χ0) is 19.7. The summed E-state index contributed by atoms with van der Waals surface area (Å²) in [5.74, 6) is 0.564. The summed E-state index contributed by atoms with van der Waals surface area (Å²) in [6.07, 6.45) is 0. The second-order valence-electron chi connectivity index (χ2n) is 6.65. The molecule has 3 amide bonds. The Balaban J connectivity index is 1.46. The van der Waals surface area contributed by atoms with Gasteiger partial charge in [-0.2, -0.15) is 5.26 Å². The molecule has 1 N–H and O–H groups in total. The number of furan rings is 1. The van der Waals surface area contributed by atoms with Gasteiger partial charge in [0, 0.05) is 5.39 Å². The summed E-state index contributed by atoms with van der Waals surface area (Å²) in [5, 5.41) is 12.4. The normalized spacial score (nSPS) is 18.9. The van der Waals surface area contributed by atoms with Crippen molar-refractivity contribution in [3.63, 3.8) is 0 Å². The molecule has 7 nitrogen and oxygen atoms in total. The average Bonchev–Trinajstić information content (AvgIpc) is 3.24. The highest BCUT2D eigenvalue weighted by Gasteiger charge is 2.51. The molecule has 0 radical (unpaired) electrons. The number of nitriles is 1. The van der Waals surface area contributed by atoms with Crippen LogP contribution in [0.3, 0.4) is 0 Å². The topological polar surface area (TPSA) is 95.6 Å². The van der Waals surface area contributed by atoms with Gasteiger partial charge >= 0.3 is 6.03 Å². The fourth-order valence-corrected chi connectivity index (χ4v) is 3.18. The Morgan fingerprint density at radius 1 is 1.18 bits per heavy atom. The number of para-hydroxylation sites is 1. The molecule has 1 unspecified atom stereocenters. The Bertz CT molecular complexity index is 1060. The maximum Gasteiger partial charge on any atom is 0.325 e. The first kappa shape index (κ1) is 17.6. The third kappa shape index (κ3) is 2.95. The number of ether oxygens (including phenoxy) is 1. The first-order valence-corrected chi connectivity index (χ1v) is 8.77. The molecular weight excluding hydrogens is 358 g/mol. The van der Waals surface area contributed by atoms with Crippen molar-refractivity contribution < 1.29 is 18.7 Å². The van der Waals surface area contributed by atoms with Gasteiger partial charge in [0.2, 0.25) is 0 Å². The largest absolute Gasteiger partial charge is 0.492 e. The number of urea groups is 1. The number of imide groups is 1. The Labute approximate surface area is 161 Å². The number of carbonyl (C=O) groups is 2. The predicted octanol–water partition coefficient (Wildman–Crippen LogP) is 3.15. The molecule has 1 saturated heterocycles. The first-order chi connectivity index (χ1) is 13.5. The van der Waals surface area contributed by atoms with Gasteiger partial charge in [0.25, 0.3) is 5.91 Å². The maximum atomic E-state index is 12.9. The first-order valence-electron chi connectivity index (χ1n) is 8.77. The Morgan fingerprint density at radius 2 is 1.93 bits per heavy atom. The van der Waals surface area contributed by atoms with Crippen LogP contribution in [0.1, 0.15) is 18.2 Å². The monoisotopic (exact) mass is 375 g/mol. The van der Waals surface area contributed by atoms with Crippen LogP contribution in [0.4, 0.5) is 4.79 Å². The van der Waals surface area contributed by atoms with Crippen LogP contribution < -0.4 is 10.1 Å². The van der Waals surface area contributed by atoms with Crippen molar-refractivity contribution in [2.45, 2.75) is 12.5 Å². The highest BCUT2D eigenvalue weighted by atomic mass is 16.5. The van der Waals surface area contributed by atoms with Crippen LogP contribution in [0.5, 0.6) is 5.75 Å². The third-order valence-electron chi connectivity index (χ3n) is 4.76. The van der Waals surface area contributed by atoms with Crippen LogP contribution in [-0.2, 0) is 10.3 Å². The molecule has 7 heteroatoms. The Hall–Kier alpha value is -3.79. The molecule has 28 heavy (non-hydrogen) atoms. The molecule has 140 valence electrons. The van der Waals surface area contributed by atoms with E-state index in [2.05, 4.69) is 5.32 Å². The number of nitrogens with zero attached hydrogens (tertiary/aromatic N) is 2. The van der Waals surface area contributed by atoms with Crippen molar-refractivity contribution in [1.82, 2.24) is 10.2 Å². The zero-order valence-electron chi connectivity index (χ0n) is 15.1. The minimum Gasteiger partial charge on any atom is -0.492 e. The summed E-state index contributed by atoms with van der Waals surface area (Å²) < 4.78 is 11.4. The number of carbonyl (C=O) groups excluding carboxylic acids is 2. The van der Waals surface area contributed by atoms with E-state index in [4.69, 9.17) is 14.4 Å². The van der Waals surface area contributed by atoms with E-state index in [9.17, 15) is 9.59 Å². The van der Waals surface area contributed by atoms with E-state index in [1.807, 2.05) is 30.3 Å². The number of fused-ring (bicyclic) bond motifs is 1. The zero-order valence-corrected chi connectivity index (χ0v) is 15.1. The van der Waals surface area contributed by atoms with E-state index in [0.717, 1.165) is 10.3 Å². The second-order valence-corrected chi connectivity index (χ2v) is 6.65. The summed E-state index contributed by atoms with van der Waals surface area (Å²) in [5.41, 5.74) is -0.0729. The summed E-state index contributed by atoms with van der Waals surface area (Å²) in [4.78, 5) is 26.4. The van der Waals surface area contributed by atoms with Gasteiger partial charge in [-0.15, -0.1) is 0 Å². The van der Waals surface area contributed by atoms with Crippen LogP contribution in [-0.4, -0.2) is 30.0 Å². The SMILES string of the molecule is CC1(c2cc3ccccc3o2)NC(=O)N(CCOc2ccc(C#N)cc2)C1=O. The molecule has 2 aromatic carbocycles. The summed E-state index contributed by atoms with van der Waals surface area (Å²) in [7, 11) is 0. The van der Waals surface area contributed by atoms with Gasteiger partial charge in [-0.05, 0) is 43.3 Å². The van der Waals surface area contributed by atoms with E-state index < -0.39 is 11.6 Å². The van der Waals surface area contributed by atoms with Crippen LogP contribution in [0, 0.1) is 11.3 Å². The lowest BCUT2D eigenvalue weighted by Gasteiger charge is -2.19. The Morgan fingerprint density at radius 3 is 2.64 bits per heavy atom. The molecule has 1 aliphatic heterocycles. The number of rotatable bonds is 5. The van der Waals surface area contributed by atoms with Gasteiger partial charge in [0.05, 0.1) is 18.2 Å².